The van der Waals surface area contributed by atoms with E-state index in [4.69, 9.17) is 0 Å². The van der Waals surface area contributed by atoms with E-state index in [1.54, 1.807) is 0 Å². The zero-order chi connectivity index (χ0) is 7.98. The van der Waals surface area contributed by atoms with E-state index >= 15 is 0 Å². The molecule has 0 aliphatic heterocycles. The van der Waals surface area contributed by atoms with E-state index in [0.29, 0.717) is 0 Å². The molecule has 0 radical (unpaired) electrons. The van der Waals surface area contributed by atoms with E-state index in [-0.39, 0.29) is 0 Å². The second-order valence-corrected chi connectivity index (χ2v) is 3.08. The third-order valence-electron chi connectivity index (χ3n) is 2.60. The van der Waals surface area contributed by atoms with Gasteiger partial charge in [-0.25, -0.2) is 0 Å². The summed E-state index contributed by atoms with van der Waals surface area (Å²) in [6, 6.07) is 0. The molecule has 10 heavy (non-hydrogen) atoms. The van der Waals surface area contributed by atoms with Crippen LogP contribution in [0, 0.1) is 11.8 Å². The summed E-state index contributed by atoms with van der Waals surface area (Å²) in [7, 11) is 0. The van der Waals surface area contributed by atoms with Crippen molar-refractivity contribution in [3.63, 3.8) is 0 Å². The summed E-state index contributed by atoms with van der Waals surface area (Å²) in [6.07, 6.45) is 5.89. The van der Waals surface area contributed by atoms with Gasteiger partial charge >= 0.3 is 0 Å². The first-order valence-electron chi connectivity index (χ1n) is 4.34. The Bertz CT molecular complexity index is 69.4. The van der Waals surface area contributed by atoms with Crippen molar-refractivity contribution in [2.75, 3.05) is 0 Å². The molecule has 0 heterocycles. The summed E-state index contributed by atoms with van der Waals surface area (Å²) in [5.41, 5.74) is 0. The summed E-state index contributed by atoms with van der Waals surface area (Å²) < 4.78 is 0. The van der Waals surface area contributed by atoms with Crippen LogP contribution in [0.1, 0.15) is 39.5 Å². The topological polar surface area (TPSA) is 0 Å². The van der Waals surface area contributed by atoms with Gasteiger partial charge in [-0.2, -0.15) is 0 Å². The Labute approximate surface area is 65.3 Å². The Morgan fingerprint density at radius 2 is 1.90 bits per heavy atom. The van der Waals surface area contributed by atoms with Crippen LogP contribution in [0.15, 0.2) is 13.2 Å². The second-order valence-electron chi connectivity index (χ2n) is 3.08. The van der Waals surface area contributed by atoms with Crippen LogP contribution in [0.2, 0.25) is 0 Å². The molecule has 1 fully saturated rings. The first-order chi connectivity index (χ1) is 4.84. The maximum absolute atomic E-state index is 3.00. The predicted molar refractivity (Wildman–Crippen MR) is 48.1 cm³/mol. The van der Waals surface area contributed by atoms with Gasteiger partial charge in [-0.05, 0) is 11.8 Å². The fourth-order valence-corrected chi connectivity index (χ4v) is 1.34. The van der Waals surface area contributed by atoms with Gasteiger partial charge in [-0.1, -0.05) is 39.5 Å². The Balaban J connectivity index is 0.000000371. The molecule has 1 rings (SSSR count). The minimum Gasteiger partial charge on any atom is -0.106 e. The largest absolute Gasteiger partial charge is 0.106 e. The molecule has 0 heteroatoms. The monoisotopic (exact) mass is 140 g/mol. The van der Waals surface area contributed by atoms with E-state index in [1.807, 2.05) is 0 Å². The highest BCUT2D eigenvalue weighted by molar-refractivity contribution is 4.73. The van der Waals surface area contributed by atoms with Gasteiger partial charge in [0, 0.05) is 0 Å². The maximum Gasteiger partial charge on any atom is -0.0389 e. The van der Waals surface area contributed by atoms with Gasteiger partial charge in [-0.15, -0.1) is 13.2 Å². The lowest BCUT2D eigenvalue weighted by Gasteiger charge is -2.30. The van der Waals surface area contributed by atoms with E-state index in [1.165, 1.54) is 25.7 Å². The Morgan fingerprint density at radius 1 is 1.40 bits per heavy atom. The second kappa shape index (κ2) is 5.52. The van der Waals surface area contributed by atoms with Crippen LogP contribution in [-0.4, -0.2) is 0 Å². The van der Waals surface area contributed by atoms with Crippen LogP contribution >= 0.6 is 0 Å². The van der Waals surface area contributed by atoms with Gasteiger partial charge < -0.3 is 0 Å². The van der Waals surface area contributed by atoms with E-state index < -0.39 is 0 Å². The van der Waals surface area contributed by atoms with Gasteiger partial charge in [-0.3, -0.25) is 0 Å². The SMILES string of the molecule is C=C.CCC(C)C1CCC1. The summed E-state index contributed by atoms with van der Waals surface area (Å²) in [4.78, 5) is 0. The van der Waals surface area contributed by atoms with E-state index in [2.05, 4.69) is 27.0 Å². The summed E-state index contributed by atoms with van der Waals surface area (Å²) in [5.74, 6) is 2.10. The van der Waals surface area contributed by atoms with E-state index in [0.717, 1.165) is 11.8 Å². The van der Waals surface area contributed by atoms with Crippen molar-refractivity contribution in [2.24, 2.45) is 11.8 Å². The first kappa shape index (κ1) is 9.74. The minimum absolute atomic E-state index is 1.00. The van der Waals surface area contributed by atoms with Crippen molar-refractivity contribution in [3.8, 4) is 0 Å². The molecular formula is C10H20. The summed E-state index contributed by atoms with van der Waals surface area (Å²) >= 11 is 0. The van der Waals surface area contributed by atoms with Crippen molar-refractivity contribution < 1.29 is 0 Å². The van der Waals surface area contributed by atoms with Crippen molar-refractivity contribution in [1.29, 1.82) is 0 Å². The molecule has 1 unspecified atom stereocenters. The van der Waals surface area contributed by atoms with Gasteiger partial charge in [0.1, 0.15) is 0 Å². The fraction of sp³-hybridized carbons (Fsp3) is 0.800. The highest BCUT2D eigenvalue weighted by Crippen LogP contribution is 2.34. The average Bonchev–Trinajstić information content (AvgIpc) is 1.89. The van der Waals surface area contributed by atoms with Crippen LogP contribution < -0.4 is 0 Å². The molecule has 0 aromatic heterocycles. The predicted octanol–water partition coefficient (Wildman–Crippen LogP) is 3.63. The smallest absolute Gasteiger partial charge is 0.0389 e. The molecule has 0 aromatic rings. The highest BCUT2D eigenvalue weighted by Gasteiger charge is 2.21. The third-order valence-corrected chi connectivity index (χ3v) is 2.60. The standard InChI is InChI=1S/C8H16.C2H4/c1-3-7(2)8-5-4-6-8;1-2/h7-8H,3-6H2,1-2H3;1-2H2. The molecular weight excluding hydrogens is 120 g/mol. The molecule has 60 valence electrons. The van der Waals surface area contributed by atoms with Crippen LogP contribution in [0.5, 0.6) is 0 Å². The summed E-state index contributed by atoms with van der Waals surface area (Å²) in [5, 5.41) is 0. The molecule has 1 saturated carbocycles. The zero-order valence-corrected chi connectivity index (χ0v) is 7.40. The summed E-state index contributed by atoms with van der Waals surface area (Å²) in [6.45, 7) is 10.7. The maximum atomic E-state index is 3.00. The molecule has 0 saturated heterocycles. The van der Waals surface area contributed by atoms with Crippen molar-refractivity contribution >= 4 is 0 Å². The number of rotatable bonds is 2. The first-order valence-corrected chi connectivity index (χ1v) is 4.34. The van der Waals surface area contributed by atoms with Crippen LogP contribution in [0.25, 0.3) is 0 Å². The lowest BCUT2D eigenvalue weighted by molar-refractivity contribution is 0.215. The third kappa shape index (κ3) is 2.55. The number of hydrogen-bond donors (Lipinski definition) is 0. The fourth-order valence-electron chi connectivity index (χ4n) is 1.34. The lowest BCUT2D eigenvalue weighted by Crippen LogP contribution is -2.18. The molecule has 1 aliphatic carbocycles. The molecule has 1 atom stereocenters. The highest BCUT2D eigenvalue weighted by atomic mass is 14.3. The quantitative estimate of drug-likeness (QED) is 0.514. The molecule has 0 nitrogen and oxygen atoms in total. The Hall–Kier alpha value is -0.260. The van der Waals surface area contributed by atoms with E-state index in [9.17, 15) is 0 Å². The van der Waals surface area contributed by atoms with Gasteiger partial charge in [0.2, 0.25) is 0 Å². The molecule has 0 bridgehead atoms. The van der Waals surface area contributed by atoms with Crippen molar-refractivity contribution in [1.82, 2.24) is 0 Å². The van der Waals surface area contributed by atoms with Crippen molar-refractivity contribution in [2.45, 2.75) is 39.5 Å². The average molecular weight is 140 g/mol. The van der Waals surface area contributed by atoms with Crippen LogP contribution in [0.4, 0.5) is 0 Å². The molecule has 0 spiro atoms. The molecule has 0 amide bonds. The van der Waals surface area contributed by atoms with Crippen molar-refractivity contribution in [3.05, 3.63) is 13.2 Å². The molecule has 1 aliphatic rings. The Morgan fingerprint density at radius 3 is 2.00 bits per heavy atom. The van der Waals surface area contributed by atoms with Gasteiger partial charge in [0.15, 0.2) is 0 Å². The van der Waals surface area contributed by atoms with Crippen LogP contribution in [-0.2, 0) is 0 Å². The Kier molecular flexibility index (Phi) is 5.38. The van der Waals surface area contributed by atoms with Gasteiger partial charge in [0.05, 0.1) is 0 Å². The molecule has 0 aromatic carbocycles. The lowest BCUT2D eigenvalue weighted by atomic mass is 9.76. The number of hydrogen-bond acceptors (Lipinski definition) is 0. The molecule has 0 N–H and O–H groups in total. The minimum atomic E-state index is 1.00. The zero-order valence-electron chi connectivity index (χ0n) is 7.40. The van der Waals surface area contributed by atoms with Gasteiger partial charge in [0.25, 0.3) is 0 Å². The normalized spacial score (nSPS) is 20.2. The van der Waals surface area contributed by atoms with Crippen LogP contribution in [0.3, 0.4) is 0 Å².